The Morgan fingerprint density at radius 2 is 2.42 bits per heavy atom. The van der Waals surface area contributed by atoms with E-state index in [0.717, 1.165) is 5.75 Å². The van der Waals surface area contributed by atoms with Crippen molar-refractivity contribution >= 4 is 11.8 Å². The van der Waals surface area contributed by atoms with Crippen molar-refractivity contribution in [3.05, 3.63) is 0 Å². The first kappa shape index (κ1) is 8.81. The number of thioether (sulfide) groups is 1. The van der Waals surface area contributed by atoms with E-state index in [9.17, 15) is 0 Å². The maximum Gasteiger partial charge on any atom is 0.161 e. The standard InChI is InChI=1S/C8H14O3S/c9-3-7-4-10-8(11-7)6-1-2-12-5-6/h6-9H,1-5H2. The summed E-state index contributed by atoms with van der Waals surface area (Å²) in [5.74, 6) is 2.91. The summed E-state index contributed by atoms with van der Waals surface area (Å²) in [7, 11) is 0. The van der Waals surface area contributed by atoms with Crippen molar-refractivity contribution in [3.63, 3.8) is 0 Å². The smallest absolute Gasteiger partial charge is 0.161 e. The number of hydrogen-bond donors (Lipinski definition) is 1. The van der Waals surface area contributed by atoms with Crippen LogP contribution >= 0.6 is 11.8 Å². The Hall–Kier alpha value is 0.230. The molecule has 0 saturated carbocycles. The highest BCUT2D eigenvalue weighted by Crippen LogP contribution is 2.31. The number of ether oxygens (including phenoxy) is 2. The topological polar surface area (TPSA) is 38.7 Å². The predicted octanol–water partition coefficient (Wildman–Crippen LogP) is 0.473. The van der Waals surface area contributed by atoms with Crippen LogP contribution in [-0.4, -0.2) is 42.2 Å². The van der Waals surface area contributed by atoms with Gasteiger partial charge in [0.2, 0.25) is 0 Å². The molecule has 2 heterocycles. The van der Waals surface area contributed by atoms with Crippen molar-refractivity contribution in [2.24, 2.45) is 5.92 Å². The van der Waals surface area contributed by atoms with Crippen LogP contribution in [0.1, 0.15) is 6.42 Å². The summed E-state index contributed by atoms with van der Waals surface area (Å²) < 4.78 is 11.0. The minimum atomic E-state index is -0.0828. The number of aliphatic hydroxyl groups is 1. The molecule has 0 amide bonds. The molecule has 2 saturated heterocycles. The molecule has 3 atom stereocenters. The first-order valence-corrected chi connectivity index (χ1v) is 5.51. The highest BCUT2D eigenvalue weighted by atomic mass is 32.2. The lowest BCUT2D eigenvalue weighted by molar-refractivity contribution is -0.0951. The summed E-state index contributed by atoms with van der Waals surface area (Å²) in [5.41, 5.74) is 0. The molecule has 3 nitrogen and oxygen atoms in total. The maximum absolute atomic E-state index is 8.82. The van der Waals surface area contributed by atoms with Crippen LogP contribution in [0.15, 0.2) is 0 Å². The van der Waals surface area contributed by atoms with Gasteiger partial charge in [-0.15, -0.1) is 0 Å². The van der Waals surface area contributed by atoms with Crippen molar-refractivity contribution < 1.29 is 14.6 Å². The fourth-order valence-electron chi connectivity index (χ4n) is 1.58. The molecule has 0 aromatic heterocycles. The molecule has 0 bridgehead atoms. The molecule has 0 aromatic carbocycles. The van der Waals surface area contributed by atoms with Gasteiger partial charge in [-0.25, -0.2) is 0 Å². The monoisotopic (exact) mass is 190 g/mol. The fourth-order valence-corrected chi connectivity index (χ4v) is 2.84. The second-order valence-corrected chi connectivity index (χ2v) is 4.42. The molecule has 0 aromatic rings. The lowest BCUT2D eigenvalue weighted by atomic mass is 10.1. The third-order valence-electron chi connectivity index (χ3n) is 2.33. The lowest BCUT2D eigenvalue weighted by Crippen LogP contribution is -2.23. The second kappa shape index (κ2) is 3.96. The highest BCUT2D eigenvalue weighted by Gasteiger charge is 2.33. The largest absolute Gasteiger partial charge is 0.394 e. The van der Waals surface area contributed by atoms with Crippen molar-refractivity contribution in [3.8, 4) is 0 Å². The van der Waals surface area contributed by atoms with E-state index in [-0.39, 0.29) is 19.0 Å². The minimum Gasteiger partial charge on any atom is -0.394 e. The molecular weight excluding hydrogens is 176 g/mol. The Kier molecular flexibility index (Phi) is 2.91. The van der Waals surface area contributed by atoms with Gasteiger partial charge >= 0.3 is 0 Å². The number of aliphatic hydroxyl groups excluding tert-OH is 1. The molecule has 70 valence electrons. The van der Waals surface area contributed by atoms with Gasteiger partial charge in [0.1, 0.15) is 6.10 Å². The average Bonchev–Trinajstić information content (AvgIpc) is 2.75. The van der Waals surface area contributed by atoms with Gasteiger partial charge in [-0.3, -0.25) is 0 Å². The zero-order chi connectivity index (χ0) is 8.39. The molecule has 4 heteroatoms. The second-order valence-electron chi connectivity index (χ2n) is 3.27. The molecule has 0 radical (unpaired) electrons. The maximum atomic E-state index is 8.82. The van der Waals surface area contributed by atoms with Gasteiger partial charge in [0.05, 0.1) is 13.2 Å². The van der Waals surface area contributed by atoms with Gasteiger partial charge in [-0.05, 0) is 12.2 Å². The summed E-state index contributed by atoms with van der Waals surface area (Å²) in [6, 6.07) is 0. The van der Waals surface area contributed by atoms with Crippen molar-refractivity contribution in [2.75, 3.05) is 24.7 Å². The van der Waals surface area contributed by atoms with Crippen LogP contribution in [-0.2, 0) is 9.47 Å². The zero-order valence-electron chi connectivity index (χ0n) is 6.94. The summed E-state index contributed by atoms with van der Waals surface area (Å²) in [5, 5.41) is 8.82. The van der Waals surface area contributed by atoms with Crippen LogP contribution in [0.4, 0.5) is 0 Å². The Balaban J connectivity index is 1.81. The molecule has 2 rings (SSSR count). The SMILES string of the molecule is OCC1COC(C2CCSC2)O1. The summed E-state index contributed by atoms with van der Waals surface area (Å²) in [4.78, 5) is 0. The van der Waals surface area contributed by atoms with Gasteiger partial charge in [-0.2, -0.15) is 11.8 Å². The Morgan fingerprint density at radius 3 is 3.00 bits per heavy atom. The average molecular weight is 190 g/mol. The Bertz CT molecular complexity index is 147. The van der Waals surface area contributed by atoms with E-state index >= 15 is 0 Å². The van der Waals surface area contributed by atoms with E-state index in [2.05, 4.69) is 0 Å². The van der Waals surface area contributed by atoms with Crippen molar-refractivity contribution in [1.29, 1.82) is 0 Å². The Morgan fingerprint density at radius 1 is 1.50 bits per heavy atom. The molecule has 0 aliphatic carbocycles. The van der Waals surface area contributed by atoms with Gasteiger partial charge in [-0.1, -0.05) is 0 Å². The third-order valence-corrected chi connectivity index (χ3v) is 3.51. The van der Waals surface area contributed by atoms with E-state index in [1.807, 2.05) is 11.8 Å². The van der Waals surface area contributed by atoms with Crippen LogP contribution in [0.25, 0.3) is 0 Å². The summed E-state index contributed by atoms with van der Waals surface area (Å²) in [6.07, 6.45) is 1.06. The van der Waals surface area contributed by atoms with Gasteiger partial charge in [0, 0.05) is 11.7 Å². The zero-order valence-corrected chi connectivity index (χ0v) is 7.76. The molecule has 2 fully saturated rings. The molecular formula is C8H14O3S. The van der Waals surface area contributed by atoms with Gasteiger partial charge in [0.25, 0.3) is 0 Å². The molecule has 2 aliphatic rings. The molecule has 2 aliphatic heterocycles. The quantitative estimate of drug-likeness (QED) is 0.687. The van der Waals surface area contributed by atoms with Crippen LogP contribution in [0.3, 0.4) is 0 Å². The van der Waals surface area contributed by atoms with E-state index in [0.29, 0.717) is 12.5 Å². The first-order valence-electron chi connectivity index (χ1n) is 4.36. The van der Waals surface area contributed by atoms with Crippen molar-refractivity contribution in [2.45, 2.75) is 18.8 Å². The molecule has 3 unspecified atom stereocenters. The van der Waals surface area contributed by atoms with Crippen molar-refractivity contribution in [1.82, 2.24) is 0 Å². The van der Waals surface area contributed by atoms with Crippen LogP contribution in [0, 0.1) is 5.92 Å². The van der Waals surface area contributed by atoms with Crippen LogP contribution < -0.4 is 0 Å². The highest BCUT2D eigenvalue weighted by molar-refractivity contribution is 7.99. The van der Waals surface area contributed by atoms with E-state index in [1.165, 1.54) is 12.2 Å². The summed E-state index contributed by atoms with van der Waals surface area (Å²) in [6.45, 7) is 0.638. The lowest BCUT2D eigenvalue weighted by Gasteiger charge is -2.15. The fraction of sp³-hybridized carbons (Fsp3) is 1.00. The molecule has 1 N–H and O–H groups in total. The van der Waals surface area contributed by atoms with E-state index in [4.69, 9.17) is 14.6 Å². The number of hydrogen-bond acceptors (Lipinski definition) is 4. The summed E-state index contributed by atoms with van der Waals surface area (Å²) >= 11 is 1.96. The van der Waals surface area contributed by atoms with E-state index in [1.54, 1.807) is 0 Å². The third kappa shape index (κ3) is 1.76. The minimum absolute atomic E-state index is 0.0443. The van der Waals surface area contributed by atoms with Gasteiger partial charge in [0.15, 0.2) is 6.29 Å². The molecule has 0 spiro atoms. The van der Waals surface area contributed by atoms with Crippen LogP contribution in [0.5, 0.6) is 0 Å². The molecule has 12 heavy (non-hydrogen) atoms. The normalized spacial score (nSPS) is 42.2. The number of rotatable bonds is 2. The Labute approximate surface area is 76.4 Å². The first-order chi connectivity index (χ1) is 5.90. The van der Waals surface area contributed by atoms with E-state index < -0.39 is 0 Å². The van der Waals surface area contributed by atoms with Crippen LogP contribution in [0.2, 0.25) is 0 Å². The predicted molar refractivity (Wildman–Crippen MR) is 47.1 cm³/mol. The van der Waals surface area contributed by atoms with Gasteiger partial charge < -0.3 is 14.6 Å².